The van der Waals surface area contributed by atoms with E-state index in [4.69, 9.17) is 5.11 Å². The SMILES string of the molecule is O=C(O)CCCNC(=O)/C(=C\c1cccc([N+](=O)[O-])c1)NC(=O)c1ccccc1Br. The number of rotatable bonds is 9. The summed E-state index contributed by atoms with van der Waals surface area (Å²) in [5.74, 6) is -2.19. The zero-order valence-electron chi connectivity index (χ0n) is 15.6. The molecule has 0 bridgehead atoms. The smallest absolute Gasteiger partial charge is 0.303 e. The molecule has 2 aromatic carbocycles. The van der Waals surface area contributed by atoms with Crippen molar-refractivity contribution >= 4 is 45.5 Å². The number of aliphatic carboxylic acids is 1. The zero-order chi connectivity index (χ0) is 22.1. The molecule has 2 rings (SSSR count). The van der Waals surface area contributed by atoms with E-state index in [0.29, 0.717) is 15.6 Å². The van der Waals surface area contributed by atoms with Gasteiger partial charge in [-0.25, -0.2) is 0 Å². The van der Waals surface area contributed by atoms with Crippen molar-refractivity contribution in [3.8, 4) is 0 Å². The van der Waals surface area contributed by atoms with Gasteiger partial charge in [-0.05, 0) is 46.1 Å². The third-order valence-corrected chi connectivity index (χ3v) is 4.55. The van der Waals surface area contributed by atoms with Crippen LogP contribution < -0.4 is 10.6 Å². The second kappa shape index (κ2) is 10.9. The molecule has 0 saturated carbocycles. The third-order valence-electron chi connectivity index (χ3n) is 3.86. The molecule has 9 nitrogen and oxygen atoms in total. The minimum absolute atomic E-state index is 0.0856. The number of benzene rings is 2. The van der Waals surface area contributed by atoms with E-state index in [2.05, 4.69) is 26.6 Å². The number of non-ortho nitro benzene ring substituents is 1. The van der Waals surface area contributed by atoms with Gasteiger partial charge in [-0.3, -0.25) is 24.5 Å². The fourth-order valence-electron chi connectivity index (χ4n) is 2.42. The Morgan fingerprint density at radius 1 is 1.13 bits per heavy atom. The quantitative estimate of drug-likeness (QED) is 0.220. The molecule has 0 saturated heterocycles. The summed E-state index contributed by atoms with van der Waals surface area (Å²) in [7, 11) is 0. The molecule has 0 aliphatic rings. The van der Waals surface area contributed by atoms with Crippen molar-refractivity contribution in [2.75, 3.05) is 6.54 Å². The first-order valence-corrected chi connectivity index (χ1v) is 9.59. The lowest BCUT2D eigenvalue weighted by atomic mass is 10.1. The lowest BCUT2D eigenvalue weighted by Crippen LogP contribution is -2.35. The maximum atomic E-state index is 12.6. The van der Waals surface area contributed by atoms with Crippen LogP contribution in [0.15, 0.2) is 58.7 Å². The first-order valence-electron chi connectivity index (χ1n) is 8.80. The van der Waals surface area contributed by atoms with Gasteiger partial charge in [0.15, 0.2) is 0 Å². The fourth-order valence-corrected chi connectivity index (χ4v) is 2.89. The van der Waals surface area contributed by atoms with Crippen LogP contribution >= 0.6 is 15.9 Å². The van der Waals surface area contributed by atoms with Crippen molar-refractivity contribution < 1.29 is 24.4 Å². The number of carboxylic acids is 1. The number of amides is 2. The van der Waals surface area contributed by atoms with Crippen molar-refractivity contribution in [1.82, 2.24) is 10.6 Å². The Labute approximate surface area is 180 Å². The van der Waals surface area contributed by atoms with Gasteiger partial charge in [-0.2, -0.15) is 0 Å². The Kier molecular flexibility index (Phi) is 8.24. The third kappa shape index (κ3) is 6.82. The lowest BCUT2D eigenvalue weighted by molar-refractivity contribution is -0.384. The predicted octanol–water partition coefficient (Wildman–Crippen LogP) is 3.11. The minimum atomic E-state index is -0.987. The summed E-state index contributed by atoms with van der Waals surface area (Å²) < 4.78 is 0.527. The second-order valence-electron chi connectivity index (χ2n) is 6.10. The van der Waals surface area contributed by atoms with Crippen LogP contribution in [0.2, 0.25) is 0 Å². The lowest BCUT2D eigenvalue weighted by Gasteiger charge is -2.12. The molecule has 0 fully saturated rings. The number of halogens is 1. The number of nitro benzene ring substituents is 1. The van der Waals surface area contributed by atoms with E-state index in [-0.39, 0.29) is 30.8 Å². The molecule has 2 amide bonds. The summed E-state index contributed by atoms with van der Waals surface area (Å²) in [5.41, 5.74) is 0.335. The maximum Gasteiger partial charge on any atom is 0.303 e. The van der Waals surface area contributed by atoms with Crippen LogP contribution in [0, 0.1) is 10.1 Å². The molecule has 0 atom stereocenters. The largest absolute Gasteiger partial charge is 0.481 e. The van der Waals surface area contributed by atoms with Gasteiger partial charge >= 0.3 is 5.97 Å². The number of nitrogens with one attached hydrogen (secondary N) is 2. The predicted molar refractivity (Wildman–Crippen MR) is 113 cm³/mol. The summed E-state index contributed by atoms with van der Waals surface area (Å²) in [4.78, 5) is 46.2. The first kappa shape index (κ1) is 22.8. The van der Waals surface area contributed by atoms with Gasteiger partial charge < -0.3 is 15.7 Å². The Balaban J connectivity index is 2.27. The molecule has 0 unspecified atom stereocenters. The second-order valence-corrected chi connectivity index (χ2v) is 6.95. The summed E-state index contributed by atoms with van der Waals surface area (Å²) in [6.45, 7) is 0.0856. The summed E-state index contributed by atoms with van der Waals surface area (Å²) >= 11 is 3.27. The summed E-state index contributed by atoms with van der Waals surface area (Å²) in [6.07, 6.45) is 1.41. The molecule has 3 N–H and O–H groups in total. The van der Waals surface area contributed by atoms with E-state index >= 15 is 0 Å². The molecular weight excluding hydrogens is 458 g/mol. The van der Waals surface area contributed by atoms with Crippen molar-refractivity contribution in [1.29, 1.82) is 0 Å². The van der Waals surface area contributed by atoms with E-state index < -0.39 is 22.7 Å². The molecule has 0 radical (unpaired) electrons. The number of carboxylic acid groups (broad SMARTS) is 1. The molecule has 0 aliphatic carbocycles. The van der Waals surface area contributed by atoms with Crippen LogP contribution in [0.25, 0.3) is 6.08 Å². The van der Waals surface area contributed by atoms with Crippen LogP contribution in [0.5, 0.6) is 0 Å². The molecule has 10 heteroatoms. The van der Waals surface area contributed by atoms with Gasteiger partial charge in [0.1, 0.15) is 5.70 Å². The number of carbonyl (C=O) groups is 3. The summed E-state index contributed by atoms with van der Waals surface area (Å²) in [5, 5.41) is 24.7. The fraction of sp³-hybridized carbons (Fsp3) is 0.150. The van der Waals surface area contributed by atoms with Gasteiger partial charge in [-0.15, -0.1) is 0 Å². The molecule has 0 aromatic heterocycles. The highest BCUT2D eigenvalue weighted by atomic mass is 79.9. The highest BCUT2D eigenvalue weighted by Crippen LogP contribution is 2.18. The molecule has 2 aromatic rings. The molecular formula is C20H18BrN3O6. The average Bonchev–Trinajstić information content (AvgIpc) is 2.70. The Morgan fingerprint density at radius 3 is 2.53 bits per heavy atom. The molecule has 0 aliphatic heterocycles. The van der Waals surface area contributed by atoms with Crippen LogP contribution in [0.3, 0.4) is 0 Å². The van der Waals surface area contributed by atoms with Crippen molar-refractivity contribution in [2.24, 2.45) is 0 Å². The van der Waals surface area contributed by atoms with Crippen molar-refractivity contribution in [3.05, 3.63) is 79.9 Å². The van der Waals surface area contributed by atoms with Crippen LogP contribution in [0.4, 0.5) is 5.69 Å². The maximum absolute atomic E-state index is 12.6. The van der Waals surface area contributed by atoms with Gasteiger partial charge in [0.25, 0.3) is 17.5 Å². The molecule has 0 heterocycles. The van der Waals surface area contributed by atoms with Crippen molar-refractivity contribution in [2.45, 2.75) is 12.8 Å². The van der Waals surface area contributed by atoms with Gasteiger partial charge in [0.2, 0.25) is 0 Å². The van der Waals surface area contributed by atoms with Gasteiger partial charge in [-0.1, -0.05) is 24.3 Å². The molecule has 30 heavy (non-hydrogen) atoms. The topological polar surface area (TPSA) is 139 Å². The molecule has 156 valence electrons. The van der Waals surface area contributed by atoms with Crippen LogP contribution in [0.1, 0.15) is 28.8 Å². The number of nitrogens with zero attached hydrogens (tertiary/aromatic N) is 1. The van der Waals surface area contributed by atoms with Gasteiger partial charge in [0, 0.05) is 29.6 Å². The van der Waals surface area contributed by atoms with E-state index in [1.165, 1.54) is 24.3 Å². The van der Waals surface area contributed by atoms with Crippen LogP contribution in [-0.4, -0.2) is 34.4 Å². The van der Waals surface area contributed by atoms with Gasteiger partial charge in [0.05, 0.1) is 10.5 Å². The monoisotopic (exact) mass is 475 g/mol. The Bertz CT molecular complexity index is 1010. The first-order chi connectivity index (χ1) is 14.3. The standard InChI is InChI=1S/C20H18BrN3O6/c21-16-8-2-1-7-15(16)19(27)23-17(20(28)22-10-4-9-18(25)26)12-13-5-3-6-14(11-13)24(29)30/h1-3,5-8,11-12H,4,9-10H2,(H,22,28)(H,23,27)(H,25,26)/b17-12+. The average molecular weight is 476 g/mol. The van der Waals surface area contributed by atoms with E-state index in [9.17, 15) is 24.5 Å². The zero-order valence-corrected chi connectivity index (χ0v) is 17.2. The Hall–Kier alpha value is -3.53. The van der Waals surface area contributed by atoms with Crippen molar-refractivity contribution in [3.63, 3.8) is 0 Å². The van der Waals surface area contributed by atoms with E-state index in [1.54, 1.807) is 30.3 Å². The normalized spacial score (nSPS) is 10.9. The Morgan fingerprint density at radius 2 is 1.87 bits per heavy atom. The summed E-state index contributed by atoms with van der Waals surface area (Å²) in [6, 6.07) is 12.2. The number of hydrogen-bond donors (Lipinski definition) is 3. The van der Waals surface area contributed by atoms with Crippen LogP contribution in [-0.2, 0) is 9.59 Å². The number of hydrogen-bond acceptors (Lipinski definition) is 5. The molecule has 0 spiro atoms. The minimum Gasteiger partial charge on any atom is -0.481 e. The highest BCUT2D eigenvalue weighted by Gasteiger charge is 2.17. The van der Waals surface area contributed by atoms with E-state index in [0.717, 1.165) is 0 Å². The van der Waals surface area contributed by atoms with E-state index in [1.807, 2.05) is 0 Å². The highest BCUT2D eigenvalue weighted by molar-refractivity contribution is 9.10. The number of nitro groups is 1. The number of carbonyl (C=O) groups excluding carboxylic acids is 2.